The predicted molar refractivity (Wildman–Crippen MR) is 101 cm³/mol. The van der Waals surface area contributed by atoms with E-state index in [9.17, 15) is 4.79 Å². The van der Waals surface area contributed by atoms with Gasteiger partial charge in [0.1, 0.15) is 4.88 Å². The summed E-state index contributed by atoms with van der Waals surface area (Å²) in [5, 5.41) is 4.49. The highest BCUT2D eigenvalue weighted by Gasteiger charge is 2.19. The summed E-state index contributed by atoms with van der Waals surface area (Å²) in [6.45, 7) is 8.16. The standard InChI is InChI=1S/C18H25ClN2OS/c1-18(2,3)12-7-8-13-14(11-12)23-16(15(13)19)17(22)20-9-6-10-21(4)5/h7-8,11H,6,9-10H2,1-5H3,(H,20,22). The van der Waals surface area contributed by atoms with Crippen LogP contribution in [0.1, 0.15) is 42.4 Å². The van der Waals surface area contributed by atoms with Gasteiger partial charge in [-0.3, -0.25) is 4.79 Å². The molecule has 1 aromatic heterocycles. The summed E-state index contributed by atoms with van der Waals surface area (Å²) in [4.78, 5) is 15.1. The van der Waals surface area contributed by atoms with E-state index in [1.165, 1.54) is 16.9 Å². The van der Waals surface area contributed by atoms with Gasteiger partial charge in [0.2, 0.25) is 0 Å². The van der Waals surface area contributed by atoms with Gasteiger partial charge in [-0.15, -0.1) is 11.3 Å². The Morgan fingerprint density at radius 2 is 2.00 bits per heavy atom. The number of fused-ring (bicyclic) bond motifs is 1. The minimum Gasteiger partial charge on any atom is -0.351 e. The fourth-order valence-corrected chi connectivity index (χ4v) is 3.83. The molecule has 126 valence electrons. The van der Waals surface area contributed by atoms with Crippen molar-refractivity contribution in [2.75, 3.05) is 27.2 Å². The molecule has 1 heterocycles. The Hall–Kier alpha value is -1.10. The number of rotatable bonds is 5. The Morgan fingerprint density at radius 1 is 1.30 bits per heavy atom. The SMILES string of the molecule is CN(C)CCCNC(=O)c1sc2cc(C(C)(C)C)ccc2c1Cl. The Balaban J connectivity index is 2.18. The predicted octanol–water partition coefficient (Wildman–Crippen LogP) is 4.53. The van der Waals surface area contributed by atoms with Crippen molar-refractivity contribution < 1.29 is 4.79 Å². The van der Waals surface area contributed by atoms with Crippen LogP contribution in [0, 0.1) is 0 Å². The number of halogens is 1. The third-order valence-electron chi connectivity index (χ3n) is 3.77. The lowest BCUT2D eigenvalue weighted by Crippen LogP contribution is -2.26. The first-order chi connectivity index (χ1) is 10.7. The van der Waals surface area contributed by atoms with Crippen molar-refractivity contribution in [2.45, 2.75) is 32.6 Å². The number of nitrogens with one attached hydrogen (secondary N) is 1. The van der Waals surface area contributed by atoms with Crippen LogP contribution in [0.5, 0.6) is 0 Å². The van der Waals surface area contributed by atoms with Crippen molar-refractivity contribution >= 4 is 38.9 Å². The second kappa shape index (κ2) is 7.20. The molecule has 0 saturated heterocycles. The van der Waals surface area contributed by atoms with Crippen LogP contribution in [-0.4, -0.2) is 38.0 Å². The first kappa shape index (κ1) is 18.2. The van der Waals surface area contributed by atoms with Crippen LogP contribution in [-0.2, 0) is 5.41 Å². The van der Waals surface area contributed by atoms with Crippen LogP contribution in [0.15, 0.2) is 18.2 Å². The number of benzene rings is 1. The molecule has 0 bridgehead atoms. The number of hydrogen-bond acceptors (Lipinski definition) is 3. The first-order valence-electron chi connectivity index (χ1n) is 7.85. The molecule has 0 radical (unpaired) electrons. The third kappa shape index (κ3) is 4.46. The quantitative estimate of drug-likeness (QED) is 0.801. The topological polar surface area (TPSA) is 32.3 Å². The zero-order chi connectivity index (χ0) is 17.2. The Bertz CT molecular complexity index is 701. The van der Waals surface area contributed by atoms with E-state index in [2.05, 4.69) is 43.1 Å². The molecule has 3 nitrogen and oxygen atoms in total. The summed E-state index contributed by atoms with van der Waals surface area (Å²) >= 11 is 7.90. The highest BCUT2D eigenvalue weighted by Crippen LogP contribution is 2.37. The van der Waals surface area contributed by atoms with Gasteiger partial charge in [0.05, 0.1) is 5.02 Å². The molecule has 1 aromatic carbocycles. The lowest BCUT2D eigenvalue weighted by atomic mass is 9.87. The molecular weight excluding hydrogens is 328 g/mol. The lowest BCUT2D eigenvalue weighted by molar-refractivity contribution is 0.0956. The normalized spacial score (nSPS) is 12.1. The molecule has 0 atom stereocenters. The van der Waals surface area contributed by atoms with Crippen LogP contribution < -0.4 is 5.32 Å². The maximum Gasteiger partial charge on any atom is 0.262 e. The number of nitrogens with zero attached hydrogens (tertiary/aromatic N) is 1. The minimum atomic E-state index is -0.0766. The van der Waals surface area contributed by atoms with Crippen LogP contribution >= 0.6 is 22.9 Å². The van der Waals surface area contributed by atoms with Gasteiger partial charge in [-0.2, -0.15) is 0 Å². The van der Waals surface area contributed by atoms with Crippen LogP contribution in [0.4, 0.5) is 0 Å². The zero-order valence-electron chi connectivity index (χ0n) is 14.5. The van der Waals surface area contributed by atoms with E-state index in [0.29, 0.717) is 16.4 Å². The molecule has 2 rings (SSSR count). The number of hydrogen-bond donors (Lipinski definition) is 1. The van der Waals surface area contributed by atoms with Gasteiger partial charge < -0.3 is 10.2 Å². The van der Waals surface area contributed by atoms with Crippen molar-refractivity contribution in [3.63, 3.8) is 0 Å². The van der Waals surface area contributed by atoms with E-state index in [4.69, 9.17) is 11.6 Å². The maximum atomic E-state index is 12.4. The van der Waals surface area contributed by atoms with Crippen LogP contribution in [0.25, 0.3) is 10.1 Å². The Labute approximate surface area is 147 Å². The summed E-state index contributed by atoms with van der Waals surface area (Å²) in [5.74, 6) is -0.0766. The summed E-state index contributed by atoms with van der Waals surface area (Å²) in [7, 11) is 4.05. The lowest BCUT2D eigenvalue weighted by Gasteiger charge is -2.18. The second-order valence-corrected chi connectivity index (χ2v) is 8.55. The molecule has 2 aromatic rings. The molecule has 0 aliphatic carbocycles. The van der Waals surface area contributed by atoms with Gasteiger partial charge in [0.25, 0.3) is 5.91 Å². The molecule has 0 fully saturated rings. The molecule has 0 saturated carbocycles. The Kier molecular flexibility index (Phi) is 5.71. The zero-order valence-corrected chi connectivity index (χ0v) is 16.1. The number of carbonyl (C=O) groups excluding carboxylic acids is 1. The largest absolute Gasteiger partial charge is 0.351 e. The number of amides is 1. The smallest absolute Gasteiger partial charge is 0.262 e. The summed E-state index contributed by atoms with van der Waals surface area (Å²) in [6, 6.07) is 6.27. The van der Waals surface area contributed by atoms with Gasteiger partial charge in [0, 0.05) is 16.6 Å². The highest BCUT2D eigenvalue weighted by atomic mass is 35.5. The van der Waals surface area contributed by atoms with Crippen molar-refractivity contribution in [1.29, 1.82) is 0 Å². The Morgan fingerprint density at radius 3 is 2.61 bits per heavy atom. The summed E-state index contributed by atoms with van der Waals surface area (Å²) < 4.78 is 1.07. The van der Waals surface area contributed by atoms with Crippen molar-refractivity contribution in [3.05, 3.63) is 33.7 Å². The molecular formula is C18H25ClN2OS. The van der Waals surface area contributed by atoms with Gasteiger partial charge in [-0.05, 0) is 44.1 Å². The van der Waals surface area contributed by atoms with Crippen molar-refractivity contribution in [2.24, 2.45) is 0 Å². The maximum absolute atomic E-state index is 12.4. The number of carbonyl (C=O) groups is 1. The first-order valence-corrected chi connectivity index (χ1v) is 9.05. The van der Waals surface area contributed by atoms with Gasteiger partial charge >= 0.3 is 0 Å². The van der Waals surface area contributed by atoms with Gasteiger partial charge in [-0.25, -0.2) is 0 Å². The van der Waals surface area contributed by atoms with E-state index in [1.54, 1.807) is 0 Å². The number of thiophene rings is 1. The minimum absolute atomic E-state index is 0.0766. The van der Waals surface area contributed by atoms with E-state index in [-0.39, 0.29) is 11.3 Å². The molecule has 1 N–H and O–H groups in total. The second-order valence-electron chi connectivity index (χ2n) is 7.12. The van der Waals surface area contributed by atoms with Crippen LogP contribution in [0.3, 0.4) is 0 Å². The summed E-state index contributed by atoms with van der Waals surface area (Å²) in [5.41, 5.74) is 1.33. The molecule has 5 heteroatoms. The van der Waals surface area contributed by atoms with Gasteiger partial charge in [-0.1, -0.05) is 44.5 Å². The third-order valence-corrected chi connectivity index (χ3v) is 5.43. The average Bonchev–Trinajstić information content (AvgIpc) is 2.79. The van der Waals surface area contributed by atoms with Gasteiger partial charge in [0.15, 0.2) is 0 Å². The van der Waals surface area contributed by atoms with E-state index < -0.39 is 0 Å². The highest BCUT2D eigenvalue weighted by molar-refractivity contribution is 7.21. The fourth-order valence-electron chi connectivity index (χ4n) is 2.36. The van der Waals surface area contributed by atoms with E-state index in [1.807, 2.05) is 20.2 Å². The average molecular weight is 353 g/mol. The fraction of sp³-hybridized carbons (Fsp3) is 0.500. The van der Waals surface area contributed by atoms with E-state index >= 15 is 0 Å². The van der Waals surface area contributed by atoms with Crippen LogP contribution in [0.2, 0.25) is 5.02 Å². The molecule has 0 unspecified atom stereocenters. The molecule has 0 aliphatic heterocycles. The molecule has 0 aliphatic rings. The van der Waals surface area contributed by atoms with Crippen molar-refractivity contribution in [1.82, 2.24) is 10.2 Å². The molecule has 0 spiro atoms. The molecule has 1 amide bonds. The molecule has 23 heavy (non-hydrogen) atoms. The summed E-state index contributed by atoms with van der Waals surface area (Å²) in [6.07, 6.45) is 0.926. The monoisotopic (exact) mass is 352 g/mol. The van der Waals surface area contributed by atoms with Crippen molar-refractivity contribution in [3.8, 4) is 0 Å². The van der Waals surface area contributed by atoms with E-state index in [0.717, 1.165) is 23.1 Å².